The largest absolute Gasteiger partial charge is 0.496 e. The van der Waals surface area contributed by atoms with Crippen LogP contribution in [0.3, 0.4) is 0 Å². The van der Waals surface area contributed by atoms with Crippen LogP contribution in [0.2, 0.25) is 5.02 Å². The van der Waals surface area contributed by atoms with E-state index >= 15 is 0 Å². The van der Waals surface area contributed by atoms with Crippen molar-refractivity contribution in [3.05, 3.63) is 28.8 Å². The van der Waals surface area contributed by atoms with Crippen LogP contribution in [0, 0.1) is 5.92 Å². The fourth-order valence-corrected chi connectivity index (χ4v) is 2.82. The van der Waals surface area contributed by atoms with E-state index in [1.165, 1.54) is 0 Å². The van der Waals surface area contributed by atoms with Gasteiger partial charge in [-0.2, -0.15) is 0 Å². The first kappa shape index (κ1) is 15.6. The van der Waals surface area contributed by atoms with Crippen molar-refractivity contribution in [1.29, 1.82) is 0 Å². The zero-order chi connectivity index (χ0) is 14.5. The second-order valence-electron chi connectivity index (χ2n) is 5.36. The molecule has 112 valence electrons. The highest BCUT2D eigenvalue weighted by atomic mass is 35.5. The number of aliphatic hydroxyl groups is 1. The molecule has 1 heterocycles. The van der Waals surface area contributed by atoms with Crippen molar-refractivity contribution >= 4 is 11.6 Å². The highest BCUT2D eigenvalue weighted by Crippen LogP contribution is 2.32. The van der Waals surface area contributed by atoms with E-state index in [0.29, 0.717) is 10.8 Å². The van der Waals surface area contributed by atoms with Gasteiger partial charge in [-0.25, -0.2) is 0 Å². The molecule has 1 fully saturated rings. The minimum atomic E-state index is -0.571. The van der Waals surface area contributed by atoms with Crippen molar-refractivity contribution in [2.45, 2.75) is 13.0 Å². The summed E-state index contributed by atoms with van der Waals surface area (Å²) in [7, 11) is 1.61. The van der Waals surface area contributed by atoms with E-state index in [-0.39, 0.29) is 5.92 Å². The van der Waals surface area contributed by atoms with Crippen molar-refractivity contribution in [3.8, 4) is 5.75 Å². The van der Waals surface area contributed by atoms with Crippen molar-refractivity contribution in [1.82, 2.24) is 10.2 Å². The molecule has 2 rings (SSSR count). The normalized spacial score (nSPS) is 19.6. The van der Waals surface area contributed by atoms with Gasteiger partial charge in [0.25, 0.3) is 0 Å². The van der Waals surface area contributed by atoms with E-state index in [9.17, 15) is 5.11 Å². The lowest BCUT2D eigenvalue weighted by molar-refractivity contribution is 0.0822. The summed E-state index contributed by atoms with van der Waals surface area (Å²) in [6.07, 6.45) is -0.571. The summed E-state index contributed by atoms with van der Waals surface area (Å²) in [5.41, 5.74) is 0.766. The number of hydrogen-bond donors (Lipinski definition) is 2. The predicted molar refractivity (Wildman–Crippen MR) is 81.4 cm³/mol. The van der Waals surface area contributed by atoms with Crippen LogP contribution in [0.1, 0.15) is 18.6 Å². The zero-order valence-electron chi connectivity index (χ0n) is 12.1. The summed E-state index contributed by atoms with van der Waals surface area (Å²) < 4.78 is 5.32. The summed E-state index contributed by atoms with van der Waals surface area (Å²) >= 11 is 6.03. The van der Waals surface area contributed by atoms with Gasteiger partial charge in [0.15, 0.2) is 0 Å². The Hall–Kier alpha value is -0.810. The van der Waals surface area contributed by atoms with E-state index in [1.807, 2.05) is 0 Å². The Balaban J connectivity index is 2.05. The molecular weight excluding hydrogens is 276 g/mol. The number of ether oxygens (including phenoxy) is 1. The highest BCUT2D eigenvalue weighted by molar-refractivity contribution is 6.30. The Kier molecular flexibility index (Phi) is 5.66. The van der Waals surface area contributed by atoms with E-state index in [0.717, 1.165) is 38.3 Å². The number of rotatable bonds is 5. The second-order valence-corrected chi connectivity index (χ2v) is 5.80. The minimum Gasteiger partial charge on any atom is -0.496 e. The fraction of sp³-hybridized carbons (Fsp3) is 0.600. The predicted octanol–water partition coefficient (Wildman–Crippen LogP) is 1.92. The molecule has 1 aromatic rings. The van der Waals surface area contributed by atoms with Crippen molar-refractivity contribution < 1.29 is 9.84 Å². The average Bonchev–Trinajstić information content (AvgIpc) is 2.47. The van der Waals surface area contributed by atoms with Crippen molar-refractivity contribution in [2.24, 2.45) is 5.92 Å². The molecule has 1 aromatic carbocycles. The Morgan fingerprint density at radius 2 is 2.10 bits per heavy atom. The molecule has 0 radical (unpaired) electrons. The van der Waals surface area contributed by atoms with Crippen molar-refractivity contribution in [2.75, 3.05) is 39.8 Å². The molecule has 5 heteroatoms. The van der Waals surface area contributed by atoms with Crippen molar-refractivity contribution in [3.63, 3.8) is 0 Å². The molecule has 2 unspecified atom stereocenters. The number of piperazine rings is 1. The maximum absolute atomic E-state index is 10.6. The van der Waals surface area contributed by atoms with Gasteiger partial charge >= 0.3 is 0 Å². The number of methoxy groups -OCH3 is 1. The summed E-state index contributed by atoms with van der Waals surface area (Å²) in [6, 6.07) is 5.37. The average molecular weight is 299 g/mol. The van der Waals surface area contributed by atoms with E-state index in [2.05, 4.69) is 17.1 Å². The fourth-order valence-electron chi connectivity index (χ4n) is 2.64. The summed E-state index contributed by atoms with van der Waals surface area (Å²) in [5, 5.41) is 14.5. The quantitative estimate of drug-likeness (QED) is 0.872. The van der Waals surface area contributed by atoms with Gasteiger partial charge in [-0.1, -0.05) is 18.5 Å². The van der Waals surface area contributed by atoms with Gasteiger partial charge in [0.2, 0.25) is 0 Å². The first-order valence-corrected chi connectivity index (χ1v) is 7.44. The van der Waals surface area contributed by atoms with Crippen LogP contribution in [0.15, 0.2) is 18.2 Å². The van der Waals surface area contributed by atoms with Crippen LogP contribution >= 0.6 is 11.6 Å². The number of benzene rings is 1. The SMILES string of the molecule is COc1ccc(Cl)cc1C(O)C(C)CN1CCNCC1. The Bertz CT molecular complexity index is 436. The maximum atomic E-state index is 10.6. The Morgan fingerprint density at radius 1 is 1.40 bits per heavy atom. The molecule has 4 nitrogen and oxygen atoms in total. The lowest BCUT2D eigenvalue weighted by Crippen LogP contribution is -2.45. The molecule has 0 saturated carbocycles. The van der Waals surface area contributed by atoms with Gasteiger partial charge in [0.05, 0.1) is 13.2 Å². The van der Waals surface area contributed by atoms with Gasteiger partial charge in [0.1, 0.15) is 5.75 Å². The topological polar surface area (TPSA) is 44.7 Å². The standard InChI is InChI=1S/C15H23ClN2O2/c1-11(10-18-7-5-17-6-8-18)15(19)13-9-12(16)3-4-14(13)20-2/h3-4,9,11,15,17,19H,5-8,10H2,1-2H3. The number of hydrogen-bond acceptors (Lipinski definition) is 4. The molecule has 2 N–H and O–H groups in total. The number of nitrogens with one attached hydrogen (secondary N) is 1. The third-order valence-electron chi connectivity index (χ3n) is 3.81. The smallest absolute Gasteiger partial charge is 0.124 e. The van der Waals surface area contributed by atoms with Gasteiger partial charge < -0.3 is 20.1 Å². The number of aliphatic hydroxyl groups excluding tert-OH is 1. The van der Waals surface area contributed by atoms with E-state index < -0.39 is 6.10 Å². The summed E-state index contributed by atoms with van der Waals surface area (Å²) in [4.78, 5) is 2.38. The van der Waals surface area contributed by atoms with Crippen LogP contribution in [0.25, 0.3) is 0 Å². The van der Waals surface area contributed by atoms with Gasteiger partial charge in [0, 0.05) is 43.3 Å². The molecule has 1 aliphatic rings. The number of halogens is 1. The van der Waals surface area contributed by atoms with Crippen LogP contribution in [-0.2, 0) is 0 Å². The molecule has 1 aliphatic heterocycles. The first-order valence-electron chi connectivity index (χ1n) is 7.06. The molecule has 0 amide bonds. The molecule has 0 aliphatic carbocycles. The lowest BCUT2D eigenvalue weighted by Gasteiger charge is -2.31. The van der Waals surface area contributed by atoms with Gasteiger partial charge in [-0.3, -0.25) is 0 Å². The molecule has 1 saturated heterocycles. The molecule has 0 aromatic heterocycles. The Labute approximate surface area is 125 Å². The van der Waals surface area contributed by atoms with Crippen LogP contribution in [-0.4, -0.2) is 49.8 Å². The Morgan fingerprint density at radius 3 is 2.75 bits per heavy atom. The third kappa shape index (κ3) is 3.85. The van der Waals surface area contributed by atoms with Gasteiger partial charge in [-0.05, 0) is 24.1 Å². The second kappa shape index (κ2) is 7.27. The van der Waals surface area contributed by atoms with Gasteiger partial charge in [-0.15, -0.1) is 0 Å². The molecule has 0 bridgehead atoms. The summed E-state index contributed by atoms with van der Waals surface area (Å²) in [5.74, 6) is 0.814. The highest BCUT2D eigenvalue weighted by Gasteiger charge is 2.23. The molecular formula is C15H23ClN2O2. The monoisotopic (exact) mass is 298 g/mol. The molecule has 20 heavy (non-hydrogen) atoms. The number of nitrogens with zero attached hydrogens (tertiary/aromatic N) is 1. The third-order valence-corrected chi connectivity index (χ3v) is 4.04. The maximum Gasteiger partial charge on any atom is 0.124 e. The minimum absolute atomic E-state index is 0.125. The van der Waals surface area contributed by atoms with E-state index in [4.69, 9.17) is 16.3 Å². The van der Waals surface area contributed by atoms with Crippen LogP contribution in [0.4, 0.5) is 0 Å². The molecule has 0 spiro atoms. The van der Waals surface area contributed by atoms with Crippen LogP contribution < -0.4 is 10.1 Å². The first-order chi connectivity index (χ1) is 9.61. The zero-order valence-corrected chi connectivity index (χ0v) is 12.9. The molecule has 2 atom stereocenters. The summed E-state index contributed by atoms with van der Waals surface area (Å²) in [6.45, 7) is 7.03. The van der Waals surface area contributed by atoms with Crippen LogP contribution in [0.5, 0.6) is 5.75 Å². The lowest BCUT2D eigenvalue weighted by atomic mass is 9.96. The van der Waals surface area contributed by atoms with E-state index in [1.54, 1.807) is 25.3 Å².